The minimum atomic E-state index is -0.0355. The minimum absolute atomic E-state index is 0.0355. The molecule has 1 saturated carbocycles. The number of rotatable bonds is 5. The molecule has 5 heteroatoms. The van der Waals surface area contributed by atoms with Crippen molar-refractivity contribution in [3.63, 3.8) is 0 Å². The fourth-order valence-corrected chi connectivity index (χ4v) is 2.69. The molecule has 0 atom stereocenters. The van der Waals surface area contributed by atoms with Crippen LogP contribution in [0.1, 0.15) is 36.7 Å². The predicted molar refractivity (Wildman–Crippen MR) is 77.1 cm³/mol. The second-order valence-electron chi connectivity index (χ2n) is 5.60. The molecular formula is C14H24N4O. The Morgan fingerprint density at radius 2 is 2.21 bits per heavy atom. The summed E-state index contributed by atoms with van der Waals surface area (Å²) in [5.74, 6) is -0.0355. The molecule has 5 nitrogen and oxygen atoms in total. The molecule has 0 saturated heterocycles. The van der Waals surface area contributed by atoms with E-state index in [0.717, 1.165) is 19.4 Å². The van der Waals surface area contributed by atoms with Crippen LogP contribution in [0.2, 0.25) is 0 Å². The van der Waals surface area contributed by atoms with Crippen LogP contribution in [0.5, 0.6) is 0 Å². The van der Waals surface area contributed by atoms with Gasteiger partial charge < -0.3 is 20.5 Å². The van der Waals surface area contributed by atoms with Crippen LogP contribution in [-0.2, 0) is 6.54 Å². The lowest BCUT2D eigenvalue weighted by Gasteiger charge is -2.47. The first-order valence-electron chi connectivity index (χ1n) is 6.90. The van der Waals surface area contributed by atoms with E-state index in [0.29, 0.717) is 17.9 Å². The van der Waals surface area contributed by atoms with Crippen LogP contribution >= 0.6 is 0 Å². The van der Waals surface area contributed by atoms with E-state index < -0.39 is 0 Å². The van der Waals surface area contributed by atoms with Gasteiger partial charge in [-0.3, -0.25) is 4.79 Å². The lowest BCUT2D eigenvalue weighted by Crippen LogP contribution is -2.57. The average molecular weight is 264 g/mol. The van der Waals surface area contributed by atoms with Crippen LogP contribution in [0.3, 0.4) is 0 Å². The summed E-state index contributed by atoms with van der Waals surface area (Å²) in [6.07, 6.45) is 5.35. The van der Waals surface area contributed by atoms with Crippen LogP contribution in [0.15, 0.2) is 12.3 Å². The normalized spacial score (nSPS) is 17.3. The largest absolute Gasteiger partial charge is 0.397 e. The van der Waals surface area contributed by atoms with Crippen molar-refractivity contribution in [3.8, 4) is 0 Å². The summed E-state index contributed by atoms with van der Waals surface area (Å²) in [6, 6.07) is 1.74. The van der Waals surface area contributed by atoms with Gasteiger partial charge in [0.05, 0.1) is 5.69 Å². The molecule has 0 radical (unpaired) electrons. The van der Waals surface area contributed by atoms with Crippen LogP contribution in [0.25, 0.3) is 0 Å². The predicted octanol–water partition coefficient (Wildman–Crippen LogP) is 1.30. The molecule has 0 unspecified atom stereocenters. The zero-order valence-electron chi connectivity index (χ0n) is 12.1. The second-order valence-corrected chi connectivity index (χ2v) is 5.60. The monoisotopic (exact) mass is 264 g/mol. The number of nitrogens with zero attached hydrogens (tertiary/aromatic N) is 2. The molecule has 3 N–H and O–H groups in total. The summed E-state index contributed by atoms with van der Waals surface area (Å²) < 4.78 is 1.88. The fraction of sp³-hybridized carbons (Fsp3) is 0.643. The van der Waals surface area contributed by atoms with Gasteiger partial charge in [-0.1, -0.05) is 0 Å². The van der Waals surface area contributed by atoms with Gasteiger partial charge in [-0.05, 0) is 46.3 Å². The first-order chi connectivity index (χ1) is 8.98. The number of aryl methyl sites for hydroxylation is 1. The van der Waals surface area contributed by atoms with Crippen LogP contribution < -0.4 is 11.1 Å². The summed E-state index contributed by atoms with van der Waals surface area (Å²) in [5, 5.41) is 3.05. The number of aromatic nitrogens is 1. The number of amides is 1. The highest BCUT2D eigenvalue weighted by molar-refractivity contribution is 5.93. The Morgan fingerprint density at radius 3 is 2.68 bits per heavy atom. The topological polar surface area (TPSA) is 63.3 Å². The van der Waals surface area contributed by atoms with Gasteiger partial charge in [-0.15, -0.1) is 0 Å². The van der Waals surface area contributed by atoms with Crippen molar-refractivity contribution in [2.24, 2.45) is 0 Å². The van der Waals surface area contributed by atoms with Crippen LogP contribution in [0.4, 0.5) is 5.69 Å². The van der Waals surface area contributed by atoms with Gasteiger partial charge in [-0.2, -0.15) is 0 Å². The van der Waals surface area contributed by atoms with Gasteiger partial charge in [-0.25, -0.2) is 0 Å². The molecule has 2 rings (SSSR count). The van der Waals surface area contributed by atoms with Gasteiger partial charge in [0, 0.05) is 24.8 Å². The quantitative estimate of drug-likeness (QED) is 0.842. The van der Waals surface area contributed by atoms with Gasteiger partial charge in [0.2, 0.25) is 0 Å². The minimum Gasteiger partial charge on any atom is -0.397 e. The fourth-order valence-electron chi connectivity index (χ4n) is 2.69. The van der Waals surface area contributed by atoms with Crippen LogP contribution in [-0.4, -0.2) is 41.6 Å². The van der Waals surface area contributed by atoms with Crippen molar-refractivity contribution in [2.75, 3.05) is 26.4 Å². The first-order valence-corrected chi connectivity index (χ1v) is 6.90. The summed E-state index contributed by atoms with van der Waals surface area (Å²) >= 11 is 0. The molecule has 1 amide bonds. The summed E-state index contributed by atoms with van der Waals surface area (Å²) in [7, 11) is 4.16. The van der Waals surface area contributed by atoms with Gasteiger partial charge >= 0.3 is 0 Å². The number of hydrogen-bond donors (Lipinski definition) is 2. The van der Waals surface area contributed by atoms with Gasteiger partial charge in [0.15, 0.2) is 0 Å². The summed E-state index contributed by atoms with van der Waals surface area (Å²) in [5.41, 5.74) is 7.18. The van der Waals surface area contributed by atoms with E-state index in [2.05, 4.69) is 24.3 Å². The molecule has 0 spiro atoms. The highest BCUT2D eigenvalue weighted by Crippen LogP contribution is 2.35. The number of carbonyl (C=O) groups excluding carboxylic acids is 1. The molecule has 1 aliphatic rings. The Labute approximate surface area is 114 Å². The van der Waals surface area contributed by atoms with Crippen molar-refractivity contribution >= 4 is 11.6 Å². The Kier molecular flexibility index (Phi) is 3.85. The zero-order chi connectivity index (χ0) is 14.0. The number of likely N-dealkylation sites (N-methyl/N-ethyl adjacent to an activating group) is 1. The molecule has 1 aromatic rings. The summed E-state index contributed by atoms with van der Waals surface area (Å²) in [6.45, 7) is 3.45. The van der Waals surface area contributed by atoms with Crippen molar-refractivity contribution in [1.82, 2.24) is 14.8 Å². The molecule has 0 aliphatic heterocycles. The van der Waals surface area contributed by atoms with Crippen molar-refractivity contribution < 1.29 is 4.79 Å². The van der Waals surface area contributed by atoms with Crippen molar-refractivity contribution in [3.05, 3.63) is 18.0 Å². The van der Waals surface area contributed by atoms with E-state index in [1.807, 2.05) is 11.5 Å². The van der Waals surface area contributed by atoms with Crippen LogP contribution in [0, 0.1) is 0 Å². The SMILES string of the molecule is CCn1cc(N)cc1C(=O)NCC1(N(C)C)CCC1. The number of nitrogen functional groups attached to an aromatic ring is 1. The van der Waals surface area contributed by atoms with E-state index in [1.165, 1.54) is 6.42 Å². The molecule has 19 heavy (non-hydrogen) atoms. The van der Waals surface area contributed by atoms with E-state index in [9.17, 15) is 4.79 Å². The maximum absolute atomic E-state index is 12.2. The molecule has 0 bridgehead atoms. The molecular weight excluding hydrogens is 240 g/mol. The number of nitrogens with two attached hydrogens (primary N) is 1. The zero-order valence-corrected chi connectivity index (χ0v) is 12.1. The Balaban J connectivity index is 2.01. The lowest BCUT2D eigenvalue weighted by molar-refractivity contribution is 0.0555. The second kappa shape index (κ2) is 5.25. The summed E-state index contributed by atoms with van der Waals surface area (Å²) in [4.78, 5) is 14.5. The highest BCUT2D eigenvalue weighted by Gasteiger charge is 2.39. The molecule has 1 fully saturated rings. The molecule has 106 valence electrons. The Morgan fingerprint density at radius 1 is 1.53 bits per heavy atom. The number of carbonyl (C=O) groups is 1. The van der Waals surface area contributed by atoms with Gasteiger partial charge in [0.1, 0.15) is 5.69 Å². The maximum atomic E-state index is 12.2. The van der Waals surface area contributed by atoms with E-state index >= 15 is 0 Å². The highest BCUT2D eigenvalue weighted by atomic mass is 16.1. The molecule has 1 aliphatic carbocycles. The third-order valence-electron chi connectivity index (χ3n) is 4.30. The molecule has 1 aromatic heterocycles. The first kappa shape index (κ1) is 13.9. The number of anilines is 1. The van der Waals surface area contributed by atoms with Crippen molar-refractivity contribution in [1.29, 1.82) is 0 Å². The Bertz CT molecular complexity index is 460. The third-order valence-corrected chi connectivity index (χ3v) is 4.30. The average Bonchev–Trinajstić information content (AvgIpc) is 2.68. The maximum Gasteiger partial charge on any atom is 0.268 e. The smallest absolute Gasteiger partial charge is 0.268 e. The van der Waals surface area contributed by atoms with E-state index in [4.69, 9.17) is 5.73 Å². The Hall–Kier alpha value is -1.49. The molecule has 0 aromatic carbocycles. The lowest BCUT2D eigenvalue weighted by atomic mass is 9.75. The van der Waals surface area contributed by atoms with E-state index in [-0.39, 0.29) is 11.4 Å². The number of hydrogen-bond acceptors (Lipinski definition) is 3. The number of nitrogens with one attached hydrogen (secondary N) is 1. The standard InChI is InChI=1S/C14H24N4O/c1-4-18-9-11(15)8-12(18)13(19)16-10-14(17(2)3)6-5-7-14/h8-9H,4-7,10,15H2,1-3H3,(H,16,19). The third kappa shape index (κ3) is 2.61. The van der Waals surface area contributed by atoms with E-state index in [1.54, 1.807) is 12.3 Å². The van der Waals surface area contributed by atoms with Crippen molar-refractivity contribution in [2.45, 2.75) is 38.3 Å². The molecule has 1 heterocycles. The van der Waals surface area contributed by atoms with Gasteiger partial charge in [0.25, 0.3) is 5.91 Å².